The smallest absolute Gasteiger partial charge is 0.337 e. The summed E-state index contributed by atoms with van der Waals surface area (Å²) in [4.78, 5) is 31.3. The fourth-order valence-electron chi connectivity index (χ4n) is 3.13. The monoisotopic (exact) mass is 441 g/mol. The number of carbonyl (C=O) groups excluding carboxylic acids is 1. The van der Waals surface area contributed by atoms with Crippen LogP contribution in [0.4, 0.5) is 5.69 Å². The normalized spacial score (nSPS) is 10.5. The van der Waals surface area contributed by atoms with Crippen LogP contribution in [0.3, 0.4) is 0 Å². The molecular formula is C25H19N3O5. The zero-order chi connectivity index (χ0) is 23.2. The Morgan fingerprint density at radius 1 is 0.909 bits per heavy atom. The van der Waals surface area contributed by atoms with Crippen LogP contribution in [0.15, 0.2) is 84.9 Å². The molecule has 33 heavy (non-hydrogen) atoms. The fourth-order valence-corrected chi connectivity index (χ4v) is 3.13. The van der Waals surface area contributed by atoms with Gasteiger partial charge in [0, 0.05) is 29.3 Å². The SMILES string of the molecule is COC(=O)c1ccc(COc2cc(-c3ccc([N+](=O)[O-])cc3)nc(-c3ccccc3)n2)cc1. The van der Waals surface area contributed by atoms with Gasteiger partial charge in [-0.1, -0.05) is 42.5 Å². The van der Waals surface area contributed by atoms with Crippen molar-refractivity contribution in [3.63, 3.8) is 0 Å². The van der Waals surface area contributed by atoms with Crippen molar-refractivity contribution in [2.75, 3.05) is 7.11 Å². The van der Waals surface area contributed by atoms with E-state index in [4.69, 9.17) is 9.47 Å². The molecule has 0 saturated heterocycles. The first-order valence-electron chi connectivity index (χ1n) is 10.0. The summed E-state index contributed by atoms with van der Waals surface area (Å²) in [5, 5.41) is 11.0. The molecule has 4 aromatic rings. The van der Waals surface area contributed by atoms with Crippen molar-refractivity contribution >= 4 is 11.7 Å². The van der Waals surface area contributed by atoms with Crippen LogP contribution in [0.2, 0.25) is 0 Å². The highest BCUT2D eigenvalue weighted by atomic mass is 16.6. The second kappa shape index (κ2) is 9.69. The van der Waals surface area contributed by atoms with Crippen LogP contribution in [0.25, 0.3) is 22.6 Å². The molecule has 0 aliphatic heterocycles. The Morgan fingerprint density at radius 2 is 1.61 bits per heavy atom. The summed E-state index contributed by atoms with van der Waals surface area (Å²) in [7, 11) is 1.33. The summed E-state index contributed by atoms with van der Waals surface area (Å²) in [6.45, 7) is 0.229. The first kappa shape index (κ1) is 21.6. The van der Waals surface area contributed by atoms with Crippen molar-refractivity contribution < 1.29 is 19.2 Å². The number of aromatic nitrogens is 2. The van der Waals surface area contributed by atoms with E-state index in [1.54, 1.807) is 42.5 Å². The van der Waals surface area contributed by atoms with Crippen LogP contribution < -0.4 is 4.74 Å². The molecule has 8 heteroatoms. The fraction of sp³-hybridized carbons (Fsp3) is 0.0800. The third-order valence-corrected chi connectivity index (χ3v) is 4.87. The molecule has 0 amide bonds. The van der Waals surface area contributed by atoms with E-state index in [0.29, 0.717) is 28.5 Å². The Kier molecular flexibility index (Phi) is 6.36. The summed E-state index contributed by atoms with van der Waals surface area (Å²) >= 11 is 0. The van der Waals surface area contributed by atoms with E-state index in [1.165, 1.54) is 19.2 Å². The Hall–Kier alpha value is -4.59. The van der Waals surface area contributed by atoms with Gasteiger partial charge in [-0.3, -0.25) is 10.1 Å². The molecule has 0 unspecified atom stereocenters. The Bertz CT molecular complexity index is 1270. The number of non-ortho nitro benzene ring substituents is 1. The molecule has 1 aromatic heterocycles. The zero-order valence-electron chi connectivity index (χ0n) is 17.7. The maximum absolute atomic E-state index is 11.6. The number of carbonyl (C=O) groups is 1. The lowest BCUT2D eigenvalue weighted by Gasteiger charge is -2.10. The number of esters is 1. The topological polar surface area (TPSA) is 104 Å². The van der Waals surface area contributed by atoms with Crippen LogP contribution in [0.5, 0.6) is 5.88 Å². The number of nitro groups is 1. The van der Waals surface area contributed by atoms with Gasteiger partial charge >= 0.3 is 5.97 Å². The summed E-state index contributed by atoms with van der Waals surface area (Å²) in [6.07, 6.45) is 0. The van der Waals surface area contributed by atoms with Crippen molar-refractivity contribution in [1.82, 2.24) is 9.97 Å². The number of hydrogen-bond donors (Lipinski definition) is 0. The Balaban J connectivity index is 1.63. The number of hydrogen-bond acceptors (Lipinski definition) is 7. The number of ether oxygens (including phenoxy) is 2. The van der Waals surface area contributed by atoms with Gasteiger partial charge in [-0.2, -0.15) is 4.98 Å². The van der Waals surface area contributed by atoms with Crippen molar-refractivity contribution in [2.24, 2.45) is 0 Å². The summed E-state index contributed by atoms with van der Waals surface area (Å²) in [5.41, 5.74) is 3.40. The second-order valence-corrected chi connectivity index (χ2v) is 7.06. The molecular weight excluding hydrogens is 422 g/mol. The number of methoxy groups -OCH3 is 1. The molecule has 0 fully saturated rings. The molecule has 0 aliphatic rings. The first-order valence-corrected chi connectivity index (χ1v) is 10.0. The molecule has 0 aliphatic carbocycles. The Morgan fingerprint density at radius 3 is 2.24 bits per heavy atom. The maximum atomic E-state index is 11.6. The van der Waals surface area contributed by atoms with E-state index in [9.17, 15) is 14.9 Å². The highest BCUT2D eigenvalue weighted by molar-refractivity contribution is 5.89. The average Bonchev–Trinajstić information content (AvgIpc) is 2.87. The Labute approximate surface area is 189 Å². The van der Waals surface area contributed by atoms with Gasteiger partial charge in [-0.25, -0.2) is 9.78 Å². The van der Waals surface area contributed by atoms with Gasteiger partial charge in [-0.05, 0) is 29.8 Å². The summed E-state index contributed by atoms with van der Waals surface area (Å²) in [6, 6.07) is 24.2. The van der Waals surface area contributed by atoms with Crippen LogP contribution in [-0.4, -0.2) is 28.0 Å². The number of benzene rings is 3. The number of rotatable bonds is 7. The molecule has 0 N–H and O–H groups in total. The predicted octanol–water partition coefficient (Wildman–Crippen LogP) is 5.08. The first-order chi connectivity index (χ1) is 16.0. The second-order valence-electron chi connectivity index (χ2n) is 7.06. The van der Waals surface area contributed by atoms with E-state index in [-0.39, 0.29) is 12.3 Å². The lowest BCUT2D eigenvalue weighted by molar-refractivity contribution is -0.384. The van der Waals surface area contributed by atoms with Crippen LogP contribution >= 0.6 is 0 Å². The van der Waals surface area contributed by atoms with Crippen molar-refractivity contribution in [1.29, 1.82) is 0 Å². The molecule has 1 heterocycles. The standard InChI is InChI=1S/C25H19N3O5/c1-32-25(29)20-9-7-17(8-10-20)16-33-23-15-22(18-11-13-21(14-12-18)28(30)31)26-24(27-23)19-5-3-2-4-6-19/h2-15H,16H2,1H3. The van der Waals surface area contributed by atoms with Gasteiger partial charge in [0.1, 0.15) is 6.61 Å². The van der Waals surface area contributed by atoms with Crippen LogP contribution in [0, 0.1) is 10.1 Å². The minimum absolute atomic E-state index is 0.00274. The minimum Gasteiger partial charge on any atom is -0.473 e. The van der Waals surface area contributed by atoms with Gasteiger partial charge in [0.05, 0.1) is 23.3 Å². The summed E-state index contributed by atoms with van der Waals surface area (Å²) < 4.78 is 10.6. The number of nitro benzene ring substituents is 1. The van der Waals surface area contributed by atoms with Crippen molar-refractivity contribution in [3.8, 4) is 28.5 Å². The van der Waals surface area contributed by atoms with E-state index in [2.05, 4.69) is 9.97 Å². The van der Waals surface area contributed by atoms with E-state index in [1.807, 2.05) is 30.3 Å². The van der Waals surface area contributed by atoms with Crippen LogP contribution in [0.1, 0.15) is 15.9 Å². The molecule has 164 valence electrons. The maximum Gasteiger partial charge on any atom is 0.337 e. The molecule has 8 nitrogen and oxygen atoms in total. The van der Waals surface area contributed by atoms with Crippen molar-refractivity contribution in [2.45, 2.75) is 6.61 Å². The molecule has 4 rings (SSSR count). The highest BCUT2D eigenvalue weighted by Gasteiger charge is 2.12. The molecule has 0 atom stereocenters. The highest BCUT2D eigenvalue weighted by Crippen LogP contribution is 2.27. The van der Waals surface area contributed by atoms with Gasteiger partial charge in [0.15, 0.2) is 5.82 Å². The largest absolute Gasteiger partial charge is 0.473 e. The van der Waals surface area contributed by atoms with Crippen LogP contribution in [-0.2, 0) is 11.3 Å². The van der Waals surface area contributed by atoms with E-state index in [0.717, 1.165) is 11.1 Å². The van der Waals surface area contributed by atoms with E-state index < -0.39 is 10.9 Å². The lowest BCUT2D eigenvalue weighted by Crippen LogP contribution is -2.03. The van der Waals surface area contributed by atoms with Gasteiger partial charge < -0.3 is 9.47 Å². The third kappa shape index (κ3) is 5.19. The van der Waals surface area contributed by atoms with E-state index >= 15 is 0 Å². The van der Waals surface area contributed by atoms with Gasteiger partial charge in [0.2, 0.25) is 5.88 Å². The minimum atomic E-state index is -0.445. The number of nitrogens with zero attached hydrogens (tertiary/aromatic N) is 3. The molecule has 0 saturated carbocycles. The summed E-state index contributed by atoms with van der Waals surface area (Å²) in [5.74, 6) is 0.426. The average molecular weight is 441 g/mol. The molecule has 0 radical (unpaired) electrons. The van der Waals surface area contributed by atoms with Gasteiger partial charge in [-0.15, -0.1) is 0 Å². The quantitative estimate of drug-likeness (QED) is 0.224. The lowest BCUT2D eigenvalue weighted by atomic mass is 10.1. The van der Waals surface area contributed by atoms with Crippen molar-refractivity contribution in [3.05, 3.63) is 106 Å². The molecule has 0 bridgehead atoms. The zero-order valence-corrected chi connectivity index (χ0v) is 17.7. The molecule has 3 aromatic carbocycles. The third-order valence-electron chi connectivity index (χ3n) is 4.87. The molecule has 0 spiro atoms. The predicted molar refractivity (Wildman–Crippen MR) is 122 cm³/mol. The van der Waals surface area contributed by atoms with Gasteiger partial charge in [0.25, 0.3) is 5.69 Å².